The van der Waals surface area contributed by atoms with Crippen LogP contribution < -0.4 is 16.0 Å². The largest absolute Gasteiger partial charge is 0.356 e. The van der Waals surface area contributed by atoms with Crippen molar-refractivity contribution in [1.29, 1.82) is 0 Å². The van der Waals surface area contributed by atoms with Crippen molar-refractivity contribution >= 4 is 17.7 Å². The Morgan fingerprint density at radius 3 is 0.453 bits per heavy atom. The summed E-state index contributed by atoms with van der Waals surface area (Å²) in [6.45, 7) is 26.5. The average molecular weight is 2050 g/mol. The summed E-state index contributed by atoms with van der Waals surface area (Å²) >= 11 is 0. The molecule has 4 rings (SSSR count). The van der Waals surface area contributed by atoms with Crippen LogP contribution in [-0.4, -0.2) is 111 Å². The van der Waals surface area contributed by atoms with Gasteiger partial charge in [-0.05, 0) is 373 Å². The normalized spacial score (nSPS) is 17.2. The lowest BCUT2D eigenvalue weighted by molar-refractivity contribution is -0.188. The fourth-order valence-electron chi connectivity index (χ4n) is 23.8. The van der Waals surface area contributed by atoms with Crippen LogP contribution in [-0.2, 0) is 14.4 Å². The predicted molar refractivity (Wildman–Crippen MR) is 658 cm³/mol. The van der Waals surface area contributed by atoms with E-state index in [1.807, 2.05) is 0 Å². The molecule has 0 radical (unpaired) electrons. The number of amides is 3. The maximum atomic E-state index is 15.3. The molecular formula is C139H250N6O3. The molecule has 0 aliphatic heterocycles. The highest BCUT2D eigenvalue weighted by Gasteiger charge is 2.69. The molecule has 854 valence electrons. The zero-order valence-corrected chi connectivity index (χ0v) is 99.6. The summed E-state index contributed by atoms with van der Waals surface area (Å²) in [6, 6.07) is 0. The minimum Gasteiger partial charge on any atom is -0.356 e. The van der Waals surface area contributed by atoms with Gasteiger partial charge in [0.1, 0.15) is 0 Å². The fraction of sp³-hybridized carbons (Fsp3) is 0.806. The highest BCUT2D eigenvalue weighted by Crippen LogP contribution is 2.70. The minimum atomic E-state index is -0.703. The van der Waals surface area contributed by atoms with Gasteiger partial charge in [0.05, 0.1) is 16.2 Å². The highest BCUT2D eigenvalue weighted by atomic mass is 16.2. The molecule has 0 saturated heterocycles. The lowest BCUT2D eigenvalue weighted by Gasteiger charge is -2.64. The molecule has 4 aliphatic carbocycles. The molecule has 4 aliphatic rings. The summed E-state index contributed by atoms with van der Waals surface area (Å²) in [7, 11) is 0. The van der Waals surface area contributed by atoms with E-state index in [0.717, 1.165) is 96.3 Å². The van der Waals surface area contributed by atoms with Gasteiger partial charge in [0, 0.05) is 19.6 Å². The predicted octanol–water partition coefficient (Wildman–Crippen LogP) is 41.8. The second kappa shape index (κ2) is 106. The molecule has 3 N–H and O–H groups in total. The molecule has 0 heterocycles. The summed E-state index contributed by atoms with van der Waals surface area (Å²) in [6.07, 6.45) is 167. The second-order valence-corrected chi connectivity index (χ2v) is 46.9. The Hall–Kier alpha value is -4.83. The van der Waals surface area contributed by atoms with Gasteiger partial charge < -0.3 is 30.7 Å². The molecule has 0 aromatic heterocycles. The summed E-state index contributed by atoms with van der Waals surface area (Å²) in [5, 5.41) is 10.7. The minimum absolute atomic E-state index is 0.121. The van der Waals surface area contributed by atoms with E-state index in [0.29, 0.717) is 38.9 Å². The number of carbonyl (C=O) groups is 3. The molecule has 4 bridgehead atoms. The van der Waals surface area contributed by atoms with Crippen molar-refractivity contribution in [3.05, 3.63) is 146 Å². The van der Waals surface area contributed by atoms with Crippen molar-refractivity contribution in [3.63, 3.8) is 0 Å². The van der Waals surface area contributed by atoms with Crippen LogP contribution in [0.5, 0.6) is 0 Å². The van der Waals surface area contributed by atoms with E-state index < -0.39 is 16.2 Å². The Bertz CT molecular complexity index is 2800. The monoisotopic (exact) mass is 2050 g/mol. The first-order valence-corrected chi connectivity index (χ1v) is 66.0. The van der Waals surface area contributed by atoms with Crippen molar-refractivity contribution in [2.24, 2.45) is 22.2 Å². The van der Waals surface area contributed by atoms with Crippen LogP contribution in [0, 0.1) is 22.2 Å². The Kier molecular flexibility index (Phi) is 98.7. The molecule has 4 saturated carbocycles. The molecule has 148 heavy (non-hydrogen) atoms. The van der Waals surface area contributed by atoms with Crippen molar-refractivity contribution in [2.75, 3.05) is 78.5 Å². The smallest absolute Gasteiger partial charge is 0.226 e. The number of unbranched alkanes of at least 4 members (excludes halogenated alkanes) is 63. The van der Waals surface area contributed by atoms with Gasteiger partial charge in [-0.3, -0.25) is 14.4 Å². The summed E-state index contributed by atoms with van der Waals surface area (Å²) in [5.74, 6) is 0.551. The quantitative estimate of drug-likeness (QED) is 0.0415. The number of carbonyl (C=O) groups excluding carboxylic acids is 3. The molecule has 9 heteroatoms. The SMILES string of the molecule is CCCCCC=CCC=CCCCCCCCCN(CCCCCCCC/C=C\C/C=C\CCCCC)CCCCCCNC(=O)C12CC3CC(C(=O)NCCCCCCN(CCCCCCCCC=CCC=CCCCCC)CCCCCCCC/C=C\C/C=C\CCCCC)(C1)CC(C(=O)NCCCCCCN(CCCCCCCC/C=C\C/C=C\CCCCC)CCCCCCCC/C=C\C/C=C\CCCCC)(C3)C2. The molecule has 3 amide bonds. The summed E-state index contributed by atoms with van der Waals surface area (Å²) in [4.78, 5) is 54.4. The van der Waals surface area contributed by atoms with E-state index in [2.05, 4.69) is 218 Å². The number of hydrogen-bond acceptors (Lipinski definition) is 6. The number of rotatable bonds is 114. The van der Waals surface area contributed by atoms with E-state index in [1.54, 1.807) is 0 Å². The highest BCUT2D eigenvalue weighted by molar-refractivity contribution is 5.92. The van der Waals surface area contributed by atoms with Gasteiger partial charge in [0.2, 0.25) is 17.7 Å². The van der Waals surface area contributed by atoms with Crippen LogP contribution in [0.3, 0.4) is 0 Å². The van der Waals surface area contributed by atoms with Gasteiger partial charge in [-0.25, -0.2) is 0 Å². The first-order valence-electron chi connectivity index (χ1n) is 66.0. The Balaban J connectivity index is 1.69. The zero-order chi connectivity index (χ0) is 106. The van der Waals surface area contributed by atoms with Gasteiger partial charge in [-0.1, -0.05) is 457 Å². The van der Waals surface area contributed by atoms with Crippen LogP contribution in [0.25, 0.3) is 0 Å². The first kappa shape index (κ1) is 137. The fourth-order valence-corrected chi connectivity index (χ4v) is 23.8. The third-order valence-electron chi connectivity index (χ3n) is 32.6. The van der Waals surface area contributed by atoms with Crippen molar-refractivity contribution in [1.82, 2.24) is 30.7 Å². The van der Waals surface area contributed by atoms with Crippen LogP contribution in [0.2, 0.25) is 0 Å². The van der Waals surface area contributed by atoms with Crippen LogP contribution in [0.15, 0.2) is 146 Å². The molecule has 9 nitrogen and oxygen atoms in total. The number of nitrogens with zero attached hydrogens (tertiary/aromatic N) is 3. The molecule has 2 atom stereocenters. The van der Waals surface area contributed by atoms with Gasteiger partial charge >= 0.3 is 0 Å². The third-order valence-corrected chi connectivity index (χ3v) is 32.6. The van der Waals surface area contributed by atoms with Crippen LogP contribution >= 0.6 is 0 Å². The van der Waals surface area contributed by atoms with Crippen molar-refractivity contribution in [2.45, 2.75) is 619 Å². The Morgan fingerprint density at radius 2 is 0.304 bits per heavy atom. The molecule has 4 fully saturated rings. The number of allylic oxidation sites excluding steroid dienone is 24. The second-order valence-electron chi connectivity index (χ2n) is 46.9. The van der Waals surface area contributed by atoms with Crippen molar-refractivity contribution in [3.8, 4) is 0 Å². The van der Waals surface area contributed by atoms with E-state index in [9.17, 15) is 0 Å². The van der Waals surface area contributed by atoms with E-state index in [4.69, 9.17) is 0 Å². The van der Waals surface area contributed by atoms with Gasteiger partial charge in [0.15, 0.2) is 0 Å². The lowest BCUT2D eigenvalue weighted by Crippen LogP contribution is -2.67. The maximum Gasteiger partial charge on any atom is 0.226 e. The number of nitrogens with one attached hydrogen (secondary N) is 3. The van der Waals surface area contributed by atoms with Crippen LogP contribution in [0.1, 0.15) is 619 Å². The Labute approximate surface area is 922 Å². The summed E-state index contributed by atoms with van der Waals surface area (Å²) < 4.78 is 0. The molecule has 0 aromatic rings. The first-order chi connectivity index (χ1) is 73.1. The van der Waals surface area contributed by atoms with E-state index in [1.165, 1.54) is 521 Å². The average Bonchev–Trinajstić information content (AvgIpc) is 0.687. The zero-order valence-electron chi connectivity index (χ0n) is 99.6. The maximum absolute atomic E-state index is 15.3. The summed E-state index contributed by atoms with van der Waals surface area (Å²) in [5.41, 5.74) is -2.11. The van der Waals surface area contributed by atoms with E-state index in [-0.39, 0.29) is 23.6 Å². The number of hydrogen-bond donors (Lipinski definition) is 3. The molecular weight excluding hydrogens is 1800 g/mol. The van der Waals surface area contributed by atoms with Crippen molar-refractivity contribution < 1.29 is 14.4 Å². The van der Waals surface area contributed by atoms with Crippen LogP contribution in [0.4, 0.5) is 0 Å². The van der Waals surface area contributed by atoms with E-state index >= 15 is 14.4 Å². The molecule has 0 aromatic carbocycles. The topological polar surface area (TPSA) is 97.0 Å². The standard InChI is InChI=1S/C139H250N6O3/c1-7-13-19-25-31-37-43-49-55-61-67-73-79-85-94-106-118-143(119-107-95-86-80-74-68-62-56-50-44-38-32-26-20-14-8-2)124-112-100-91-103-115-140-134(146)137-127-133-128-138(130-137,135(147)141-116-104-92-101-113-125-144(120-108-96-87-81-75-69-63-57-51-45-39-33-27-21-15-9-3)121-109-97-88-82-76-70-64-58-52-46-40-34-28-22-16-10-4)132-139(129-133,131-137)136(148)142-117-105-93-102-114-126-145(122-110-98-89-83-77-71-65-59-53-47-41-35-29-23-17-11-5)123-111-99-90-84-78-72-66-60-54-48-42-36-30-24-18-12-6/h31-42,49-60,133H,7-30,43-48,61-132H2,1-6H3,(H,140,146)(H,141,147)(H,142,148)/b37-31-,38-32-,39-33-,40-34?,41-35-,42-36?,55-49-,56-50-,57-51-,58-52?,59-53-,60-54?. The molecule has 0 spiro atoms. The Morgan fingerprint density at radius 1 is 0.176 bits per heavy atom. The third kappa shape index (κ3) is 81.8. The lowest BCUT2D eigenvalue weighted by atomic mass is 9.39. The van der Waals surface area contributed by atoms with Gasteiger partial charge in [-0.2, -0.15) is 0 Å². The van der Waals surface area contributed by atoms with Gasteiger partial charge in [0.25, 0.3) is 0 Å². The van der Waals surface area contributed by atoms with Gasteiger partial charge in [-0.15, -0.1) is 0 Å². The molecule has 2 unspecified atom stereocenters.